The Hall–Kier alpha value is -2.29. The molecule has 0 N–H and O–H groups in total. The first kappa shape index (κ1) is 16.1. The van der Waals surface area contributed by atoms with E-state index in [1.165, 1.54) is 5.56 Å². The maximum atomic E-state index is 12.4. The Morgan fingerprint density at radius 1 is 1.14 bits per heavy atom. The molecule has 3 heteroatoms. The highest BCUT2D eigenvalue weighted by molar-refractivity contribution is 5.80. The zero-order chi connectivity index (χ0) is 16.1. The fourth-order valence-corrected chi connectivity index (χ4v) is 2.42. The number of likely N-dealkylation sites (N-methyl/N-ethyl adjacent to an activating group) is 1. The Morgan fingerprint density at radius 2 is 1.82 bits per heavy atom. The summed E-state index contributed by atoms with van der Waals surface area (Å²) in [6, 6.07) is 15.9. The van der Waals surface area contributed by atoms with Gasteiger partial charge in [-0.1, -0.05) is 48.0 Å². The second-order valence-corrected chi connectivity index (χ2v) is 5.71. The van der Waals surface area contributed by atoms with Gasteiger partial charge in [0.15, 0.2) is 6.10 Å². The van der Waals surface area contributed by atoms with E-state index in [9.17, 15) is 4.79 Å². The van der Waals surface area contributed by atoms with Crippen LogP contribution < -0.4 is 4.74 Å². The summed E-state index contributed by atoms with van der Waals surface area (Å²) >= 11 is 0. The molecule has 2 aromatic carbocycles. The van der Waals surface area contributed by atoms with Gasteiger partial charge in [0.25, 0.3) is 5.91 Å². The molecule has 22 heavy (non-hydrogen) atoms. The summed E-state index contributed by atoms with van der Waals surface area (Å²) in [6.07, 6.45) is -0.505. The van der Waals surface area contributed by atoms with Crippen LogP contribution in [0.25, 0.3) is 0 Å². The third-order valence-electron chi connectivity index (χ3n) is 3.62. The van der Waals surface area contributed by atoms with Crippen LogP contribution in [0.5, 0.6) is 5.75 Å². The van der Waals surface area contributed by atoms with Crippen molar-refractivity contribution >= 4 is 5.91 Å². The number of nitrogens with zero attached hydrogens (tertiary/aromatic N) is 1. The van der Waals surface area contributed by atoms with Crippen LogP contribution in [0.15, 0.2) is 48.5 Å². The van der Waals surface area contributed by atoms with Crippen molar-refractivity contribution in [3.05, 3.63) is 65.2 Å². The van der Waals surface area contributed by atoms with Crippen molar-refractivity contribution in [2.24, 2.45) is 0 Å². The van der Waals surface area contributed by atoms with E-state index in [2.05, 4.69) is 6.07 Å². The number of amides is 1. The second-order valence-electron chi connectivity index (χ2n) is 5.71. The quantitative estimate of drug-likeness (QED) is 0.841. The number of ether oxygens (including phenoxy) is 1. The number of rotatable bonds is 5. The molecule has 116 valence electrons. The van der Waals surface area contributed by atoms with E-state index in [1.54, 1.807) is 18.9 Å². The standard InChI is InChI=1S/C19H23NO2/c1-14-10-11-18(15(2)12-14)22-16(3)19(21)20(4)13-17-8-6-5-7-9-17/h5-12,16H,13H2,1-4H3/t16-/m1/s1. The Balaban J connectivity index is 1.99. The molecule has 0 heterocycles. The van der Waals surface area contributed by atoms with Gasteiger partial charge in [-0.15, -0.1) is 0 Å². The van der Waals surface area contributed by atoms with Crippen molar-refractivity contribution in [1.29, 1.82) is 0 Å². The smallest absolute Gasteiger partial charge is 0.263 e. The topological polar surface area (TPSA) is 29.5 Å². The molecule has 0 aliphatic heterocycles. The average Bonchev–Trinajstić information content (AvgIpc) is 2.50. The number of carbonyl (C=O) groups excluding carboxylic acids is 1. The summed E-state index contributed by atoms with van der Waals surface area (Å²) in [4.78, 5) is 14.1. The van der Waals surface area contributed by atoms with Crippen LogP contribution in [0.4, 0.5) is 0 Å². The predicted octanol–water partition coefficient (Wildman–Crippen LogP) is 3.73. The van der Waals surface area contributed by atoms with Gasteiger partial charge in [0.05, 0.1) is 0 Å². The van der Waals surface area contributed by atoms with Gasteiger partial charge < -0.3 is 9.64 Å². The van der Waals surface area contributed by atoms with Crippen LogP contribution in [0.2, 0.25) is 0 Å². The van der Waals surface area contributed by atoms with Gasteiger partial charge in [-0.05, 0) is 38.0 Å². The first-order chi connectivity index (χ1) is 10.5. The van der Waals surface area contributed by atoms with E-state index in [4.69, 9.17) is 4.74 Å². The van der Waals surface area contributed by atoms with Gasteiger partial charge in [0, 0.05) is 13.6 Å². The van der Waals surface area contributed by atoms with E-state index in [0.29, 0.717) is 6.54 Å². The van der Waals surface area contributed by atoms with Gasteiger partial charge in [-0.2, -0.15) is 0 Å². The maximum absolute atomic E-state index is 12.4. The number of carbonyl (C=O) groups is 1. The van der Waals surface area contributed by atoms with Crippen molar-refractivity contribution < 1.29 is 9.53 Å². The van der Waals surface area contributed by atoms with Crippen LogP contribution >= 0.6 is 0 Å². The predicted molar refractivity (Wildman–Crippen MR) is 88.9 cm³/mol. The molecule has 3 nitrogen and oxygen atoms in total. The van der Waals surface area contributed by atoms with E-state index in [-0.39, 0.29) is 5.91 Å². The van der Waals surface area contributed by atoms with Gasteiger partial charge >= 0.3 is 0 Å². The minimum Gasteiger partial charge on any atom is -0.481 e. The van der Waals surface area contributed by atoms with Gasteiger partial charge in [0.2, 0.25) is 0 Å². The molecular weight excluding hydrogens is 274 g/mol. The van der Waals surface area contributed by atoms with E-state index < -0.39 is 6.10 Å². The van der Waals surface area contributed by atoms with E-state index in [0.717, 1.165) is 16.9 Å². The third kappa shape index (κ3) is 4.10. The second kappa shape index (κ2) is 7.12. The zero-order valence-electron chi connectivity index (χ0n) is 13.7. The lowest BCUT2D eigenvalue weighted by atomic mass is 10.1. The normalized spacial score (nSPS) is 11.8. The monoisotopic (exact) mass is 297 g/mol. The van der Waals surface area contributed by atoms with Crippen LogP contribution in [-0.2, 0) is 11.3 Å². The molecule has 0 bridgehead atoms. The highest BCUT2D eigenvalue weighted by Crippen LogP contribution is 2.20. The highest BCUT2D eigenvalue weighted by atomic mass is 16.5. The van der Waals surface area contributed by atoms with Crippen molar-refractivity contribution in [1.82, 2.24) is 4.90 Å². The van der Waals surface area contributed by atoms with E-state index >= 15 is 0 Å². The molecule has 0 spiro atoms. The number of hydrogen-bond acceptors (Lipinski definition) is 2. The van der Waals surface area contributed by atoms with Crippen molar-refractivity contribution in [2.75, 3.05) is 7.05 Å². The minimum atomic E-state index is -0.505. The van der Waals surface area contributed by atoms with Gasteiger partial charge in [-0.3, -0.25) is 4.79 Å². The molecule has 1 amide bonds. The van der Waals surface area contributed by atoms with Crippen LogP contribution in [0, 0.1) is 13.8 Å². The molecule has 0 unspecified atom stereocenters. The molecule has 0 aliphatic carbocycles. The molecule has 1 atom stereocenters. The molecule has 2 aromatic rings. The Bertz CT molecular complexity index is 637. The zero-order valence-corrected chi connectivity index (χ0v) is 13.7. The highest BCUT2D eigenvalue weighted by Gasteiger charge is 2.19. The minimum absolute atomic E-state index is 0.0242. The molecule has 0 aromatic heterocycles. The average molecular weight is 297 g/mol. The van der Waals surface area contributed by atoms with E-state index in [1.807, 2.05) is 56.3 Å². The summed E-state index contributed by atoms with van der Waals surface area (Å²) in [6.45, 7) is 6.41. The van der Waals surface area contributed by atoms with Crippen molar-refractivity contribution in [3.8, 4) is 5.75 Å². The summed E-state index contributed by atoms with van der Waals surface area (Å²) in [5, 5.41) is 0. The SMILES string of the molecule is Cc1ccc(O[C@H](C)C(=O)N(C)Cc2ccccc2)c(C)c1. The molecule has 2 rings (SSSR count). The molecule has 0 saturated carbocycles. The van der Waals surface area contributed by atoms with Crippen LogP contribution in [0.3, 0.4) is 0 Å². The number of benzene rings is 2. The lowest BCUT2D eigenvalue weighted by molar-refractivity contribution is -0.137. The summed E-state index contributed by atoms with van der Waals surface area (Å²) in [5.41, 5.74) is 3.34. The summed E-state index contributed by atoms with van der Waals surface area (Å²) < 4.78 is 5.83. The largest absolute Gasteiger partial charge is 0.481 e. The Kier molecular flexibility index (Phi) is 5.21. The first-order valence-corrected chi connectivity index (χ1v) is 7.50. The molecular formula is C19H23NO2. The Morgan fingerprint density at radius 3 is 2.45 bits per heavy atom. The summed E-state index contributed by atoms with van der Waals surface area (Å²) in [7, 11) is 1.80. The fraction of sp³-hybridized carbons (Fsp3) is 0.316. The molecule has 0 aliphatic rings. The number of aryl methyl sites for hydroxylation is 2. The first-order valence-electron chi connectivity index (χ1n) is 7.50. The van der Waals surface area contributed by atoms with Crippen LogP contribution in [-0.4, -0.2) is 24.0 Å². The van der Waals surface area contributed by atoms with Crippen molar-refractivity contribution in [2.45, 2.75) is 33.4 Å². The summed E-state index contributed by atoms with van der Waals surface area (Å²) in [5.74, 6) is 0.739. The van der Waals surface area contributed by atoms with Gasteiger partial charge in [-0.25, -0.2) is 0 Å². The Labute approximate surface area is 132 Å². The van der Waals surface area contributed by atoms with Crippen molar-refractivity contribution in [3.63, 3.8) is 0 Å². The molecule has 0 saturated heterocycles. The lowest BCUT2D eigenvalue weighted by Crippen LogP contribution is -2.37. The van der Waals surface area contributed by atoms with Gasteiger partial charge in [0.1, 0.15) is 5.75 Å². The third-order valence-corrected chi connectivity index (χ3v) is 3.62. The molecule has 0 radical (unpaired) electrons. The maximum Gasteiger partial charge on any atom is 0.263 e. The molecule has 0 fully saturated rings. The fourth-order valence-electron chi connectivity index (χ4n) is 2.42. The number of hydrogen-bond donors (Lipinski definition) is 0. The lowest BCUT2D eigenvalue weighted by Gasteiger charge is -2.23. The van der Waals surface area contributed by atoms with Crippen LogP contribution in [0.1, 0.15) is 23.6 Å².